The van der Waals surface area contributed by atoms with Gasteiger partial charge in [0.15, 0.2) is 5.82 Å². The van der Waals surface area contributed by atoms with E-state index in [1.807, 2.05) is 6.92 Å². The van der Waals surface area contributed by atoms with E-state index < -0.39 is 0 Å². The topological polar surface area (TPSA) is 53.3 Å². The van der Waals surface area contributed by atoms with Crippen molar-refractivity contribution in [2.24, 2.45) is 0 Å². The molecule has 0 spiro atoms. The number of aryl methyl sites for hydroxylation is 1. The number of nitrogens with zero attached hydrogens (tertiary/aromatic N) is 1. The van der Waals surface area contributed by atoms with E-state index in [-0.39, 0.29) is 17.0 Å². The Bertz CT molecular complexity index is 1300. The molecule has 2 aromatic rings. The molecule has 0 bridgehead atoms. The smallest absolute Gasteiger partial charge is 0.170 e. The molecule has 0 fully saturated rings. The maximum absolute atomic E-state index is 15.7. The van der Waals surface area contributed by atoms with Gasteiger partial charge in [0, 0.05) is 52.8 Å². The van der Waals surface area contributed by atoms with Crippen LogP contribution in [0.5, 0.6) is 0 Å². The normalized spacial score (nSPS) is 17.7. The van der Waals surface area contributed by atoms with Crippen LogP contribution < -0.4 is 21.3 Å². The van der Waals surface area contributed by atoms with E-state index in [2.05, 4.69) is 79.1 Å². The van der Waals surface area contributed by atoms with E-state index in [1.54, 1.807) is 0 Å². The fraction of sp³-hybridized carbons (Fsp3) is 0.333. The summed E-state index contributed by atoms with van der Waals surface area (Å²) in [5, 5.41) is 6.92. The summed E-state index contributed by atoms with van der Waals surface area (Å²) in [5.74, 6) is -0.384. The number of nitrogen functional groups attached to an aromatic ring is 1. The monoisotopic (exact) mass is 470 g/mol. The van der Waals surface area contributed by atoms with E-state index in [1.165, 1.54) is 11.1 Å². The number of benzene rings is 2. The van der Waals surface area contributed by atoms with Crippen molar-refractivity contribution in [2.45, 2.75) is 52.0 Å². The van der Waals surface area contributed by atoms with Gasteiger partial charge < -0.3 is 21.3 Å². The van der Waals surface area contributed by atoms with E-state index >= 15 is 4.39 Å². The van der Waals surface area contributed by atoms with Gasteiger partial charge in [0.1, 0.15) is 0 Å². The molecule has 4 N–H and O–H groups in total. The van der Waals surface area contributed by atoms with E-state index in [9.17, 15) is 0 Å². The molecule has 0 unspecified atom stereocenters. The summed E-state index contributed by atoms with van der Waals surface area (Å²) in [6.45, 7) is 16.0. The zero-order chi connectivity index (χ0) is 24.9. The molecule has 0 radical (unpaired) electrons. The molecule has 1 aliphatic carbocycles. The maximum Gasteiger partial charge on any atom is 0.170 e. The quantitative estimate of drug-likeness (QED) is 0.337. The van der Waals surface area contributed by atoms with Crippen LogP contribution in [-0.2, 0) is 12.8 Å². The molecule has 0 atom stereocenters. The Morgan fingerprint density at radius 1 is 1.17 bits per heavy atom. The molecule has 3 aliphatic rings. The predicted octanol–water partition coefficient (Wildman–Crippen LogP) is 6.41. The number of nitrogens with one attached hydrogen (secondary N) is 2. The van der Waals surface area contributed by atoms with Gasteiger partial charge in [-0.05, 0) is 63.2 Å². The van der Waals surface area contributed by atoms with Crippen LogP contribution in [-0.4, -0.2) is 18.6 Å². The van der Waals surface area contributed by atoms with Gasteiger partial charge in [-0.25, -0.2) is 4.39 Å². The molecular formula is C30H35FN4. The number of nitrogens with two attached hydrogens (primary N) is 1. The van der Waals surface area contributed by atoms with Crippen molar-refractivity contribution in [3.8, 4) is 0 Å². The molecule has 5 rings (SSSR count). The molecule has 0 saturated carbocycles. The Hall–Kier alpha value is -3.47. The number of halogens is 1. The average molecular weight is 471 g/mol. The van der Waals surface area contributed by atoms with Crippen molar-refractivity contribution in [1.82, 2.24) is 5.32 Å². The molecule has 0 saturated heterocycles. The van der Waals surface area contributed by atoms with Crippen LogP contribution in [0.1, 0.15) is 55.9 Å². The summed E-state index contributed by atoms with van der Waals surface area (Å²) in [7, 11) is 0. The third kappa shape index (κ3) is 3.83. The maximum atomic E-state index is 15.7. The third-order valence-corrected chi connectivity index (χ3v) is 7.59. The third-order valence-electron chi connectivity index (χ3n) is 7.59. The zero-order valence-corrected chi connectivity index (χ0v) is 21.0. The summed E-state index contributed by atoms with van der Waals surface area (Å²) in [6, 6.07) is 8.51. The van der Waals surface area contributed by atoms with Crippen LogP contribution >= 0.6 is 0 Å². The number of hydrogen-bond acceptors (Lipinski definition) is 4. The summed E-state index contributed by atoms with van der Waals surface area (Å²) in [4.78, 5) is 2.25. The summed E-state index contributed by atoms with van der Waals surface area (Å²) >= 11 is 0. The largest absolute Gasteiger partial charge is 0.396 e. The first-order valence-electron chi connectivity index (χ1n) is 12.5. The number of fused-ring (bicyclic) bond motifs is 1. The van der Waals surface area contributed by atoms with Gasteiger partial charge in [0.2, 0.25) is 0 Å². The second kappa shape index (κ2) is 8.63. The average Bonchev–Trinajstić information content (AvgIpc) is 2.83. The van der Waals surface area contributed by atoms with Crippen LogP contribution in [0.4, 0.5) is 21.5 Å². The van der Waals surface area contributed by atoms with Crippen LogP contribution in [0.15, 0.2) is 60.8 Å². The van der Waals surface area contributed by atoms with Gasteiger partial charge in [0.05, 0.1) is 17.1 Å². The summed E-state index contributed by atoms with van der Waals surface area (Å²) < 4.78 is 15.7. The second-order valence-electron chi connectivity index (χ2n) is 10.5. The highest BCUT2D eigenvalue weighted by molar-refractivity contribution is 6.00. The minimum Gasteiger partial charge on any atom is -0.396 e. The van der Waals surface area contributed by atoms with Gasteiger partial charge in [-0.3, -0.25) is 0 Å². The van der Waals surface area contributed by atoms with Crippen LogP contribution in [0.3, 0.4) is 0 Å². The first-order chi connectivity index (χ1) is 16.7. The number of anilines is 3. The molecule has 2 heterocycles. The van der Waals surface area contributed by atoms with Crippen molar-refractivity contribution in [3.05, 3.63) is 88.9 Å². The van der Waals surface area contributed by atoms with E-state index in [0.717, 1.165) is 59.4 Å². The molecule has 2 aromatic carbocycles. The lowest BCUT2D eigenvalue weighted by Gasteiger charge is -2.47. The van der Waals surface area contributed by atoms with Gasteiger partial charge in [-0.1, -0.05) is 43.5 Å². The molecule has 2 aliphatic heterocycles. The molecule has 0 aromatic heterocycles. The number of hydrogen-bond donors (Lipinski definition) is 3. The SMILES string of the molecule is C=C(C)C1=CN2c3c(c(NCCNC4=CCCc5ccccc54)c(F)c(N)c3C1=C)CCC2(C)C. The van der Waals surface area contributed by atoms with Gasteiger partial charge >= 0.3 is 0 Å². The Labute approximate surface area is 208 Å². The van der Waals surface area contributed by atoms with Crippen molar-refractivity contribution >= 4 is 28.3 Å². The van der Waals surface area contributed by atoms with E-state index in [0.29, 0.717) is 24.3 Å². The van der Waals surface area contributed by atoms with Crippen molar-refractivity contribution in [1.29, 1.82) is 0 Å². The molecular weight excluding hydrogens is 435 g/mol. The fourth-order valence-corrected chi connectivity index (χ4v) is 5.61. The summed E-state index contributed by atoms with van der Waals surface area (Å²) in [6.07, 6.45) is 8.16. The van der Waals surface area contributed by atoms with Crippen LogP contribution in [0.25, 0.3) is 11.3 Å². The Morgan fingerprint density at radius 3 is 2.69 bits per heavy atom. The predicted molar refractivity (Wildman–Crippen MR) is 147 cm³/mol. The molecule has 5 heteroatoms. The van der Waals surface area contributed by atoms with Crippen LogP contribution in [0, 0.1) is 5.82 Å². The number of rotatable bonds is 6. The first kappa shape index (κ1) is 23.3. The van der Waals surface area contributed by atoms with Crippen LogP contribution in [0.2, 0.25) is 0 Å². The van der Waals surface area contributed by atoms with Crippen molar-refractivity contribution < 1.29 is 4.39 Å². The second-order valence-corrected chi connectivity index (χ2v) is 10.5. The highest BCUT2D eigenvalue weighted by Gasteiger charge is 2.40. The minimum absolute atomic E-state index is 0.118. The van der Waals surface area contributed by atoms with Gasteiger partial charge in [-0.2, -0.15) is 0 Å². The first-order valence-corrected chi connectivity index (χ1v) is 12.5. The highest BCUT2D eigenvalue weighted by Crippen LogP contribution is 2.52. The Morgan fingerprint density at radius 2 is 1.91 bits per heavy atom. The summed E-state index contributed by atoms with van der Waals surface area (Å²) in [5.41, 5.74) is 16.0. The lowest BCUT2D eigenvalue weighted by Crippen LogP contribution is -2.46. The molecule has 182 valence electrons. The Balaban J connectivity index is 1.42. The molecule has 0 amide bonds. The lowest BCUT2D eigenvalue weighted by molar-refractivity contribution is 0.441. The zero-order valence-electron chi connectivity index (χ0n) is 21.0. The number of allylic oxidation sites excluding steroid dienone is 4. The van der Waals surface area contributed by atoms with Gasteiger partial charge in [0.25, 0.3) is 0 Å². The fourth-order valence-electron chi connectivity index (χ4n) is 5.61. The molecule has 35 heavy (non-hydrogen) atoms. The van der Waals surface area contributed by atoms with Gasteiger partial charge in [-0.15, -0.1) is 0 Å². The minimum atomic E-state index is -0.384. The van der Waals surface area contributed by atoms with E-state index in [4.69, 9.17) is 5.73 Å². The van der Waals surface area contributed by atoms with Crippen molar-refractivity contribution in [3.63, 3.8) is 0 Å². The standard InChI is InChI=1S/C30H35FN4/c1-18(2)23-17-35-29-22(13-14-30(35,4)5)28(26(31)27(32)25(29)19(23)3)34-16-15-33-24-12-8-10-20-9-6-7-11-21(20)24/h6-7,9,11-12,17,33-34H,1,3,8,10,13-16,32H2,2,4-5H3. The Kier molecular flexibility index (Phi) is 5.74. The highest BCUT2D eigenvalue weighted by atomic mass is 19.1. The van der Waals surface area contributed by atoms with Crippen molar-refractivity contribution in [2.75, 3.05) is 29.0 Å². The molecule has 4 nitrogen and oxygen atoms in total. The lowest BCUT2D eigenvalue weighted by atomic mass is 9.79.